The molecule has 3 N–H and O–H groups in total. The third kappa shape index (κ3) is 4.06. The summed E-state index contributed by atoms with van der Waals surface area (Å²) in [6, 6.07) is 8.96. The van der Waals surface area contributed by atoms with E-state index in [1.54, 1.807) is 36.6 Å². The zero-order chi connectivity index (χ0) is 16.2. The van der Waals surface area contributed by atoms with Crippen molar-refractivity contribution in [2.24, 2.45) is 0 Å². The van der Waals surface area contributed by atoms with E-state index in [1.807, 2.05) is 0 Å². The van der Waals surface area contributed by atoms with Crippen molar-refractivity contribution in [1.29, 1.82) is 0 Å². The number of hydrogen-bond acceptors (Lipinski definition) is 5. The number of amides is 1. The summed E-state index contributed by atoms with van der Waals surface area (Å²) in [6.07, 6.45) is 0. The topological polar surface area (TPSA) is 95.5 Å². The van der Waals surface area contributed by atoms with Gasteiger partial charge in [-0.3, -0.25) is 9.52 Å². The second-order valence-corrected chi connectivity index (χ2v) is 7.53. The Labute approximate surface area is 132 Å². The Hall–Kier alpha value is -1.90. The first-order valence-electron chi connectivity index (χ1n) is 6.50. The molecule has 1 aromatic carbocycles. The van der Waals surface area contributed by atoms with Crippen LogP contribution in [0.5, 0.6) is 0 Å². The third-order valence-electron chi connectivity index (χ3n) is 2.79. The Morgan fingerprint density at radius 2 is 2.09 bits per heavy atom. The molecule has 1 amide bonds. The second kappa shape index (κ2) is 6.91. The Balaban J connectivity index is 2.17. The van der Waals surface area contributed by atoms with E-state index in [2.05, 4.69) is 10.0 Å². The standard InChI is InChI=1S/C14H16N2O4S2/c1-10(9-17)15-14(18)11-4-2-5-12(8-11)16-22(19,20)13-6-3-7-21-13/h2-8,10,16-17H,9H2,1H3,(H,15,18). The highest BCUT2D eigenvalue weighted by Gasteiger charge is 2.16. The largest absolute Gasteiger partial charge is 0.394 e. The molecular weight excluding hydrogens is 324 g/mol. The summed E-state index contributed by atoms with van der Waals surface area (Å²) >= 11 is 1.11. The molecule has 2 rings (SSSR count). The highest BCUT2D eigenvalue weighted by molar-refractivity contribution is 7.94. The van der Waals surface area contributed by atoms with E-state index >= 15 is 0 Å². The molecule has 0 aliphatic heterocycles. The molecule has 0 aliphatic carbocycles. The van der Waals surface area contributed by atoms with Crippen LogP contribution in [0.4, 0.5) is 5.69 Å². The van der Waals surface area contributed by atoms with Gasteiger partial charge in [-0.05, 0) is 36.6 Å². The second-order valence-electron chi connectivity index (χ2n) is 4.68. The molecule has 0 bridgehead atoms. The molecular formula is C14H16N2O4S2. The van der Waals surface area contributed by atoms with Crippen molar-refractivity contribution in [2.75, 3.05) is 11.3 Å². The Morgan fingerprint density at radius 3 is 2.73 bits per heavy atom. The van der Waals surface area contributed by atoms with Gasteiger partial charge in [0.15, 0.2) is 0 Å². The minimum Gasteiger partial charge on any atom is -0.394 e. The average molecular weight is 340 g/mol. The predicted octanol–water partition coefficient (Wildman–Crippen LogP) is 1.66. The van der Waals surface area contributed by atoms with Gasteiger partial charge in [0.1, 0.15) is 4.21 Å². The first-order chi connectivity index (χ1) is 10.4. The fraction of sp³-hybridized carbons (Fsp3) is 0.214. The van der Waals surface area contributed by atoms with Crippen LogP contribution in [-0.2, 0) is 10.0 Å². The number of nitrogens with one attached hydrogen (secondary N) is 2. The van der Waals surface area contributed by atoms with Crippen molar-refractivity contribution in [3.8, 4) is 0 Å². The molecule has 1 atom stereocenters. The third-order valence-corrected chi connectivity index (χ3v) is 5.57. The van der Waals surface area contributed by atoms with E-state index in [-0.39, 0.29) is 22.8 Å². The van der Waals surface area contributed by atoms with E-state index in [4.69, 9.17) is 5.11 Å². The molecule has 6 nitrogen and oxygen atoms in total. The Morgan fingerprint density at radius 1 is 1.32 bits per heavy atom. The first-order valence-corrected chi connectivity index (χ1v) is 8.87. The zero-order valence-electron chi connectivity index (χ0n) is 11.8. The number of rotatable bonds is 6. The molecule has 1 heterocycles. The van der Waals surface area contributed by atoms with Crippen molar-refractivity contribution < 1.29 is 18.3 Å². The molecule has 0 fully saturated rings. The van der Waals surface area contributed by atoms with Gasteiger partial charge in [-0.1, -0.05) is 12.1 Å². The minimum absolute atomic E-state index is 0.170. The van der Waals surface area contributed by atoms with E-state index < -0.39 is 10.0 Å². The molecule has 0 aliphatic rings. The number of sulfonamides is 1. The zero-order valence-corrected chi connectivity index (χ0v) is 13.4. The summed E-state index contributed by atoms with van der Waals surface area (Å²) in [5, 5.41) is 13.2. The summed E-state index contributed by atoms with van der Waals surface area (Å²) in [6.45, 7) is 1.50. The smallest absolute Gasteiger partial charge is 0.271 e. The molecule has 0 spiro atoms. The number of thiophene rings is 1. The number of hydrogen-bond donors (Lipinski definition) is 3. The lowest BCUT2D eigenvalue weighted by atomic mass is 10.2. The van der Waals surface area contributed by atoms with Gasteiger partial charge < -0.3 is 10.4 Å². The van der Waals surface area contributed by atoms with E-state index in [9.17, 15) is 13.2 Å². The molecule has 2 aromatic rings. The van der Waals surface area contributed by atoms with Crippen LogP contribution in [-0.4, -0.2) is 32.1 Å². The summed E-state index contributed by atoms with van der Waals surface area (Å²) in [4.78, 5) is 12.0. The van der Waals surface area contributed by atoms with Crippen LogP contribution in [0.2, 0.25) is 0 Å². The Bertz CT molecular complexity index is 742. The van der Waals surface area contributed by atoms with Gasteiger partial charge in [-0.25, -0.2) is 8.42 Å². The van der Waals surface area contributed by atoms with Crippen molar-refractivity contribution in [1.82, 2.24) is 5.32 Å². The molecule has 118 valence electrons. The minimum atomic E-state index is -3.64. The number of carbonyl (C=O) groups excluding carboxylic acids is 1. The fourth-order valence-corrected chi connectivity index (χ4v) is 3.74. The van der Waals surface area contributed by atoms with Crippen LogP contribution in [0.25, 0.3) is 0 Å². The maximum Gasteiger partial charge on any atom is 0.271 e. The molecule has 1 aromatic heterocycles. The number of benzene rings is 1. The molecule has 22 heavy (non-hydrogen) atoms. The lowest BCUT2D eigenvalue weighted by Gasteiger charge is -2.12. The van der Waals surface area contributed by atoms with Gasteiger partial charge in [0.25, 0.3) is 15.9 Å². The normalized spacial score (nSPS) is 12.6. The number of anilines is 1. The highest BCUT2D eigenvalue weighted by atomic mass is 32.2. The van der Waals surface area contributed by atoms with E-state index in [1.165, 1.54) is 12.1 Å². The fourth-order valence-electron chi connectivity index (χ4n) is 1.70. The van der Waals surface area contributed by atoms with Crippen LogP contribution < -0.4 is 10.0 Å². The van der Waals surface area contributed by atoms with Crippen LogP contribution >= 0.6 is 11.3 Å². The van der Waals surface area contributed by atoms with Crippen LogP contribution in [0, 0.1) is 0 Å². The van der Waals surface area contributed by atoms with Gasteiger partial charge in [0.05, 0.1) is 6.61 Å². The van der Waals surface area contributed by atoms with Gasteiger partial charge >= 0.3 is 0 Å². The molecule has 0 saturated heterocycles. The van der Waals surface area contributed by atoms with Crippen molar-refractivity contribution >= 4 is 33.0 Å². The summed E-state index contributed by atoms with van der Waals surface area (Å²) < 4.78 is 26.9. The van der Waals surface area contributed by atoms with E-state index in [0.717, 1.165) is 11.3 Å². The summed E-state index contributed by atoms with van der Waals surface area (Å²) in [5.74, 6) is -0.376. The summed E-state index contributed by atoms with van der Waals surface area (Å²) in [7, 11) is -3.64. The van der Waals surface area contributed by atoms with Crippen molar-refractivity contribution in [3.05, 3.63) is 47.3 Å². The lowest BCUT2D eigenvalue weighted by Crippen LogP contribution is -2.35. The monoisotopic (exact) mass is 340 g/mol. The molecule has 0 radical (unpaired) electrons. The number of carbonyl (C=O) groups is 1. The van der Waals surface area contributed by atoms with Crippen LogP contribution in [0.1, 0.15) is 17.3 Å². The number of aliphatic hydroxyl groups excluding tert-OH is 1. The van der Waals surface area contributed by atoms with Gasteiger partial charge in [-0.2, -0.15) is 0 Å². The SMILES string of the molecule is CC(CO)NC(=O)c1cccc(NS(=O)(=O)c2cccs2)c1. The van der Waals surface area contributed by atoms with Crippen LogP contribution in [0.3, 0.4) is 0 Å². The lowest BCUT2D eigenvalue weighted by molar-refractivity contribution is 0.0922. The highest BCUT2D eigenvalue weighted by Crippen LogP contribution is 2.20. The van der Waals surface area contributed by atoms with Crippen LogP contribution in [0.15, 0.2) is 46.0 Å². The maximum absolute atomic E-state index is 12.1. The van der Waals surface area contributed by atoms with Gasteiger partial charge in [-0.15, -0.1) is 11.3 Å². The first kappa shape index (κ1) is 16.5. The van der Waals surface area contributed by atoms with Gasteiger partial charge in [0.2, 0.25) is 0 Å². The average Bonchev–Trinajstić information content (AvgIpc) is 3.02. The summed E-state index contributed by atoms with van der Waals surface area (Å²) in [5.41, 5.74) is 0.615. The molecule has 8 heteroatoms. The van der Waals surface area contributed by atoms with Crippen molar-refractivity contribution in [3.63, 3.8) is 0 Å². The molecule has 1 unspecified atom stereocenters. The maximum atomic E-state index is 12.1. The Kier molecular flexibility index (Phi) is 5.17. The quantitative estimate of drug-likeness (QED) is 0.745. The molecule has 0 saturated carbocycles. The predicted molar refractivity (Wildman–Crippen MR) is 85.6 cm³/mol. The van der Waals surface area contributed by atoms with Gasteiger partial charge in [0, 0.05) is 17.3 Å². The van der Waals surface area contributed by atoms with E-state index in [0.29, 0.717) is 11.3 Å². The number of aliphatic hydroxyl groups is 1. The van der Waals surface area contributed by atoms with Crippen molar-refractivity contribution in [2.45, 2.75) is 17.2 Å².